The van der Waals surface area contributed by atoms with Gasteiger partial charge in [0.05, 0.1) is 0 Å². The fourth-order valence-corrected chi connectivity index (χ4v) is 2.57. The molecule has 0 aliphatic carbocycles. The van der Waals surface area contributed by atoms with Crippen LogP contribution in [0.1, 0.15) is 30.5 Å². The van der Waals surface area contributed by atoms with Gasteiger partial charge in [0.2, 0.25) is 0 Å². The number of hydrogen-bond donors (Lipinski definition) is 0. The minimum atomic E-state index is -1.25. The van der Waals surface area contributed by atoms with Crippen LogP contribution in [0.3, 0.4) is 0 Å². The Labute approximate surface area is 152 Å². The first-order chi connectivity index (χ1) is 12.3. The van der Waals surface area contributed by atoms with E-state index >= 15 is 0 Å². The quantitative estimate of drug-likeness (QED) is 0.476. The molecule has 5 nitrogen and oxygen atoms in total. The van der Waals surface area contributed by atoms with Gasteiger partial charge in [-0.3, -0.25) is 0 Å². The van der Waals surface area contributed by atoms with Crippen LogP contribution >= 0.6 is 0 Å². The normalized spacial score (nSPS) is 15.9. The zero-order chi connectivity index (χ0) is 18.7. The molecule has 0 aromatic heterocycles. The highest BCUT2D eigenvalue weighted by molar-refractivity contribution is 6.18. The van der Waals surface area contributed by atoms with E-state index in [1.807, 2.05) is 37.3 Å². The summed E-state index contributed by atoms with van der Waals surface area (Å²) in [6.45, 7) is 5.49. The fourth-order valence-electron chi connectivity index (χ4n) is 2.57. The van der Waals surface area contributed by atoms with Gasteiger partial charge < -0.3 is 14.2 Å². The third-order valence-corrected chi connectivity index (χ3v) is 3.94. The highest BCUT2D eigenvalue weighted by Gasteiger charge is 2.38. The maximum Gasteiger partial charge on any atom is 0.348 e. The Kier molecular flexibility index (Phi) is 4.80. The van der Waals surface area contributed by atoms with Gasteiger partial charge in [-0.05, 0) is 41.8 Å². The highest BCUT2D eigenvalue weighted by atomic mass is 16.7. The smallest absolute Gasteiger partial charge is 0.348 e. The molecule has 26 heavy (non-hydrogen) atoms. The largest absolute Gasteiger partial charge is 0.489 e. The number of esters is 2. The van der Waals surface area contributed by atoms with Crippen LogP contribution in [0.15, 0.2) is 54.1 Å². The molecule has 1 heterocycles. The first kappa shape index (κ1) is 17.7. The summed E-state index contributed by atoms with van der Waals surface area (Å²) in [5.41, 5.74) is 2.76. The van der Waals surface area contributed by atoms with Crippen LogP contribution in [0.5, 0.6) is 5.75 Å². The predicted molar refractivity (Wildman–Crippen MR) is 96.2 cm³/mol. The molecule has 0 amide bonds. The number of benzene rings is 2. The third kappa shape index (κ3) is 4.11. The predicted octanol–water partition coefficient (Wildman–Crippen LogP) is 3.79. The van der Waals surface area contributed by atoms with Gasteiger partial charge in [-0.2, -0.15) is 0 Å². The van der Waals surface area contributed by atoms with Gasteiger partial charge in [0, 0.05) is 13.8 Å². The first-order valence-electron chi connectivity index (χ1n) is 8.30. The lowest BCUT2D eigenvalue weighted by atomic mass is 10.1. The number of rotatable bonds is 4. The lowest BCUT2D eigenvalue weighted by molar-refractivity contribution is -0.222. The van der Waals surface area contributed by atoms with E-state index in [4.69, 9.17) is 14.2 Å². The summed E-state index contributed by atoms with van der Waals surface area (Å²) in [6, 6.07) is 15.1. The molecule has 0 radical (unpaired) electrons. The molecule has 0 unspecified atom stereocenters. The molecule has 1 aliphatic rings. The van der Waals surface area contributed by atoms with E-state index in [2.05, 4.69) is 0 Å². The van der Waals surface area contributed by atoms with Gasteiger partial charge >= 0.3 is 11.9 Å². The van der Waals surface area contributed by atoms with Crippen molar-refractivity contribution in [2.24, 2.45) is 0 Å². The standard InChI is InChI=1S/C21H20O5/c1-14-7-4-5-9-16(14)13-24-17-10-6-8-15(11-17)12-18-19(22)25-21(2,3)26-20(18)23/h4-12H,13H2,1-3H3. The van der Waals surface area contributed by atoms with Crippen molar-refractivity contribution in [2.45, 2.75) is 33.2 Å². The molecule has 1 fully saturated rings. The van der Waals surface area contributed by atoms with Gasteiger partial charge in [0.15, 0.2) is 0 Å². The molecule has 1 aliphatic heterocycles. The summed E-state index contributed by atoms with van der Waals surface area (Å²) in [4.78, 5) is 24.1. The monoisotopic (exact) mass is 352 g/mol. The molecule has 134 valence electrons. The fraction of sp³-hybridized carbons (Fsp3) is 0.238. The number of aryl methyl sites for hydroxylation is 1. The van der Waals surface area contributed by atoms with Crippen LogP contribution in [0, 0.1) is 6.92 Å². The van der Waals surface area contributed by atoms with Crippen molar-refractivity contribution in [3.63, 3.8) is 0 Å². The summed E-state index contributed by atoms with van der Waals surface area (Å²) in [6.07, 6.45) is 1.44. The van der Waals surface area contributed by atoms with Crippen molar-refractivity contribution in [2.75, 3.05) is 0 Å². The first-order valence-corrected chi connectivity index (χ1v) is 8.30. The Balaban J connectivity index is 1.76. The van der Waals surface area contributed by atoms with Gasteiger partial charge in [-0.1, -0.05) is 36.4 Å². The maximum absolute atomic E-state index is 12.0. The second kappa shape index (κ2) is 7.04. The van der Waals surface area contributed by atoms with Crippen LogP contribution in [-0.2, 0) is 25.7 Å². The minimum Gasteiger partial charge on any atom is -0.489 e. The molecule has 0 atom stereocenters. The summed E-state index contributed by atoms with van der Waals surface area (Å²) < 4.78 is 16.0. The molecule has 0 N–H and O–H groups in total. The van der Waals surface area contributed by atoms with Crippen molar-refractivity contribution >= 4 is 18.0 Å². The molecule has 5 heteroatoms. The highest BCUT2D eigenvalue weighted by Crippen LogP contribution is 2.25. The maximum atomic E-state index is 12.0. The van der Waals surface area contributed by atoms with E-state index in [0.29, 0.717) is 17.9 Å². The molecule has 2 aromatic rings. The Morgan fingerprint density at radius 2 is 1.69 bits per heavy atom. The van der Waals surface area contributed by atoms with Crippen LogP contribution in [0.2, 0.25) is 0 Å². The van der Waals surface area contributed by atoms with Crippen molar-refractivity contribution < 1.29 is 23.8 Å². The summed E-state index contributed by atoms with van der Waals surface area (Å²) in [7, 11) is 0. The molecule has 0 spiro atoms. The lowest BCUT2D eigenvalue weighted by Gasteiger charge is -2.29. The summed E-state index contributed by atoms with van der Waals surface area (Å²) >= 11 is 0. The molecule has 0 bridgehead atoms. The van der Waals surface area contributed by atoms with Gasteiger partial charge in [0.1, 0.15) is 17.9 Å². The Bertz CT molecular complexity index is 857. The van der Waals surface area contributed by atoms with Crippen molar-refractivity contribution in [1.82, 2.24) is 0 Å². The number of hydrogen-bond acceptors (Lipinski definition) is 5. The van der Waals surface area contributed by atoms with E-state index in [-0.39, 0.29) is 5.57 Å². The Morgan fingerprint density at radius 1 is 1.00 bits per heavy atom. The van der Waals surface area contributed by atoms with E-state index in [0.717, 1.165) is 11.1 Å². The second-order valence-electron chi connectivity index (χ2n) is 6.52. The van der Waals surface area contributed by atoms with E-state index in [9.17, 15) is 9.59 Å². The molecule has 0 saturated carbocycles. The van der Waals surface area contributed by atoms with Crippen LogP contribution in [0.25, 0.3) is 6.08 Å². The van der Waals surface area contributed by atoms with Crippen molar-refractivity contribution in [3.05, 3.63) is 70.8 Å². The summed E-state index contributed by atoms with van der Waals surface area (Å²) in [5, 5.41) is 0. The van der Waals surface area contributed by atoms with Crippen LogP contribution in [0.4, 0.5) is 0 Å². The Morgan fingerprint density at radius 3 is 2.38 bits per heavy atom. The zero-order valence-electron chi connectivity index (χ0n) is 14.9. The molecule has 3 rings (SSSR count). The van der Waals surface area contributed by atoms with Gasteiger partial charge in [-0.15, -0.1) is 0 Å². The molecule has 2 aromatic carbocycles. The number of carbonyl (C=O) groups is 2. The van der Waals surface area contributed by atoms with Crippen molar-refractivity contribution in [1.29, 1.82) is 0 Å². The zero-order valence-corrected chi connectivity index (χ0v) is 14.9. The van der Waals surface area contributed by atoms with E-state index < -0.39 is 17.7 Å². The average molecular weight is 352 g/mol. The van der Waals surface area contributed by atoms with E-state index in [1.54, 1.807) is 18.2 Å². The molecular weight excluding hydrogens is 332 g/mol. The molecular formula is C21H20O5. The third-order valence-electron chi connectivity index (χ3n) is 3.94. The second-order valence-corrected chi connectivity index (χ2v) is 6.52. The lowest BCUT2D eigenvalue weighted by Crippen LogP contribution is -2.41. The molecule has 1 saturated heterocycles. The SMILES string of the molecule is Cc1ccccc1COc1cccc(C=C2C(=O)OC(C)(C)OC2=O)c1. The van der Waals surface area contributed by atoms with Crippen molar-refractivity contribution in [3.8, 4) is 5.75 Å². The average Bonchev–Trinajstić information content (AvgIpc) is 2.57. The topological polar surface area (TPSA) is 61.8 Å². The van der Waals surface area contributed by atoms with E-state index in [1.165, 1.54) is 19.9 Å². The van der Waals surface area contributed by atoms with Gasteiger partial charge in [-0.25, -0.2) is 9.59 Å². The van der Waals surface area contributed by atoms with Crippen LogP contribution in [-0.4, -0.2) is 17.7 Å². The minimum absolute atomic E-state index is 0.139. The van der Waals surface area contributed by atoms with Gasteiger partial charge in [0.25, 0.3) is 5.79 Å². The summed E-state index contributed by atoms with van der Waals surface area (Å²) in [5.74, 6) is -2.00. The van der Waals surface area contributed by atoms with Crippen LogP contribution < -0.4 is 4.74 Å². The number of ether oxygens (including phenoxy) is 3. The number of carbonyl (C=O) groups excluding carboxylic acids is 2. The number of cyclic esters (lactones) is 2. The Hall–Kier alpha value is -3.08.